The number of hydrogen-bond donors (Lipinski definition) is 1. The van der Waals surface area contributed by atoms with Gasteiger partial charge in [0.05, 0.1) is 0 Å². The smallest absolute Gasteiger partial charge is 0.0266 e. The van der Waals surface area contributed by atoms with E-state index >= 15 is 0 Å². The summed E-state index contributed by atoms with van der Waals surface area (Å²) >= 11 is 5.99. The van der Waals surface area contributed by atoms with Gasteiger partial charge in [-0.3, -0.25) is 0 Å². The Hall–Kier alpha value is -0.530. The average molecular weight is 252 g/mol. The maximum atomic E-state index is 5.99. The van der Waals surface area contributed by atoms with Crippen molar-refractivity contribution in [2.24, 2.45) is 5.92 Å². The number of alkyl halides is 1. The largest absolute Gasteiger partial charge is 0.310 e. The Morgan fingerprint density at radius 1 is 1.18 bits per heavy atom. The van der Waals surface area contributed by atoms with Crippen molar-refractivity contribution < 1.29 is 0 Å². The van der Waals surface area contributed by atoms with Gasteiger partial charge in [0.15, 0.2) is 0 Å². The van der Waals surface area contributed by atoms with E-state index in [9.17, 15) is 0 Å². The molecule has 1 aromatic carbocycles. The van der Waals surface area contributed by atoms with Crippen LogP contribution in [0.4, 0.5) is 0 Å². The third-order valence-electron chi connectivity index (χ3n) is 3.71. The maximum absolute atomic E-state index is 5.99. The topological polar surface area (TPSA) is 12.0 Å². The molecule has 1 aliphatic rings. The number of aryl methyl sites for hydroxylation is 2. The first-order chi connectivity index (χ1) is 8.19. The van der Waals surface area contributed by atoms with E-state index in [1.54, 1.807) is 0 Å². The highest BCUT2D eigenvalue weighted by atomic mass is 35.5. The summed E-state index contributed by atoms with van der Waals surface area (Å²) in [7, 11) is 0. The lowest BCUT2D eigenvalue weighted by molar-refractivity contribution is 0.429. The normalized spacial score (nSPS) is 24.2. The molecule has 1 nitrogen and oxygen atoms in total. The molecule has 2 atom stereocenters. The minimum atomic E-state index is 0.619. The monoisotopic (exact) mass is 251 g/mol. The fourth-order valence-corrected chi connectivity index (χ4v) is 3.28. The molecular formula is C15H22ClN. The highest BCUT2D eigenvalue weighted by Gasteiger charge is 2.25. The molecule has 94 valence electrons. The van der Waals surface area contributed by atoms with Crippen LogP contribution < -0.4 is 5.32 Å². The van der Waals surface area contributed by atoms with Gasteiger partial charge in [-0.2, -0.15) is 0 Å². The Morgan fingerprint density at radius 3 is 2.53 bits per heavy atom. The summed E-state index contributed by atoms with van der Waals surface area (Å²) in [5.74, 6) is 1.47. The van der Waals surface area contributed by atoms with Crippen molar-refractivity contribution in [1.29, 1.82) is 0 Å². The van der Waals surface area contributed by atoms with Gasteiger partial charge in [-0.25, -0.2) is 0 Å². The Balaban J connectivity index is 1.93. The van der Waals surface area contributed by atoms with Crippen LogP contribution in [-0.2, 0) is 6.54 Å². The van der Waals surface area contributed by atoms with Crippen LogP contribution in [0, 0.1) is 19.8 Å². The summed E-state index contributed by atoms with van der Waals surface area (Å²) in [6.45, 7) is 5.29. The molecule has 0 bridgehead atoms. The van der Waals surface area contributed by atoms with E-state index in [0.29, 0.717) is 12.0 Å². The van der Waals surface area contributed by atoms with E-state index in [1.807, 2.05) is 0 Å². The quantitative estimate of drug-likeness (QED) is 0.803. The molecule has 0 amide bonds. The second-order valence-corrected chi connectivity index (χ2v) is 5.64. The summed E-state index contributed by atoms with van der Waals surface area (Å²) in [4.78, 5) is 0. The molecule has 1 N–H and O–H groups in total. The van der Waals surface area contributed by atoms with Crippen molar-refractivity contribution in [3.63, 3.8) is 0 Å². The van der Waals surface area contributed by atoms with Gasteiger partial charge in [-0.05, 0) is 38.2 Å². The number of nitrogens with one attached hydrogen (secondary N) is 1. The lowest BCUT2D eigenvalue weighted by Gasteiger charge is -2.19. The fraction of sp³-hybridized carbons (Fsp3) is 0.600. The molecule has 1 aliphatic carbocycles. The lowest BCUT2D eigenvalue weighted by Crippen LogP contribution is -2.32. The summed E-state index contributed by atoms with van der Waals surface area (Å²) in [5, 5.41) is 3.67. The van der Waals surface area contributed by atoms with E-state index in [0.717, 1.165) is 12.4 Å². The van der Waals surface area contributed by atoms with Crippen LogP contribution in [0.2, 0.25) is 0 Å². The zero-order chi connectivity index (χ0) is 12.3. The van der Waals surface area contributed by atoms with Crippen LogP contribution in [0.5, 0.6) is 0 Å². The van der Waals surface area contributed by atoms with E-state index in [1.165, 1.54) is 36.0 Å². The molecule has 0 radical (unpaired) electrons. The van der Waals surface area contributed by atoms with Crippen LogP contribution in [0.25, 0.3) is 0 Å². The summed E-state index contributed by atoms with van der Waals surface area (Å²) < 4.78 is 0. The zero-order valence-corrected chi connectivity index (χ0v) is 11.6. The van der Waals surface area contributed by atoms with Gasteiger partial charge in [-0.15, -0.1) is 11.6 Å². The van der Waals surface area contributed by atoms with Gasteiger partial charge in [0.1, 0.15) is 0 Å². The summed E-state index contributed by atoms with van der Waals surface area (Å²) in [5.41, 5.74) is 4.09. The summed E-state index contributed by atoms with van der Waals surface area (Å²) in [6.07, 6.45) is 3.89. The number of rotatable bonds is 4. The van der Waals surface area contributed by atoms with Gasteiger partial charge in [0.2, 0.25) is 0 Å². The number of hydrogen-bond acceptors (Lipinski definition) is 1. The first-order valence-electron chi connectivity index (χ1n) is 6.55. The average Bonchev–Trinajstić information content (AvgIpc) is 2.72. The molecule has 0 aliphatic heterocycles. The third-order valence-corrected chi connectivity index (χ3v) is 4.10. The Morgan fingerprint density at radius 2 is 1.88 bits per heavy atom. The van der Waals surface area contributed by atoms with Gasteiger partial charge in [-0.1, -0.05) is 35.7 Å². The van der Waals surface area contributed by atoms with Crippen LogP contribution in [-0.4, -0.2) is 11.9 Å². The van der Waals surface area contributed by atoms with Crippen LogP contribution in [0.1, 0.15) is 36.0 Å². The molecular weight excluding hydrogens is 230 g/mol. The summed E-state index contributed by atoms with van der Waals surface area (Å²) in [6, 6.07) is 7.38. The molecule has 1 fully saturated rings. The molecule has 1 saturated carbocycles. The number of benzene rings is 1. The lowest BCUT2D eigenvalue weighted by atomic mass is 10.0. The van der Waals surface area contributed by atoms with Gasteiger partial charge >= 0.3 is 0 Å². The molecule has 0 spiro atoms. The fourth-order valence-electron chi connectivity index (χ4n) is 2.91. The van der Waals surface area contributed by atoms with Crippen molar-refractivity contribution >= 4 is 11.6 Å². The van der Waals surface area contributed by atoms with Crippen molar-refractivity contribution in [2.45, 2.75) is 45.7 Å². The second kappa shape index (κ2) is 5.88. The Bertz CT molecular complexity index is 355. The number of halogens is 1. The first-order valence-corrected chi connectivity index (χ1v) is 7.09. The molecule has 1 aromatic rings. The second-order valence-electron chi connectivity index (χ2n) is 5.33. The Kier molecular flexibility index (Phi) is 4.47. The van der Waals surface area contributed by atoms with Crippen molar-refractivity contribution in [3.05, 3.63) is 34.9 Å². The van der Waals surface area contributed by atoms with Gasteiger partial charge in [0.25, 0.3) is 0 Å². The van der Waals surface area contributed by atoms with E-state index in [2.05, 4.69) is 37.4 Å². The van der Waals surface area contributed by atoms with Crippen molar-refractivity contribution in [3.8, 4) is 0 Å². The van der Waals surface area contributed by atoms with E-state index in [4.69, 9.17) is 11.6 Å². The predicted octanol–water partition coefficient (Wildman–Crippen LogP) is 3.80. The SMILES string of the molecule is Cc1cc(C)cc(CNC2CCCC2CCl)c1. The molecule has 0 saturated heterocycles. The zero-order valence-electron chi connectivity index (χ0n) is 10.8. The molecule has 2 heteroatoms. The molecule has 2 rings (SSSR count). The third kappa shape index (κ3) is 3.46. The van der Waals surface area contributed by atoms with Gasteiger partial charge in [0, 0.05) is 18.5 Å². The van der Waals surface area contributed by atoms with Crippen LogP contribution >= 0.6 is 11.6 Å². The molecule has 0 aromatic heterocycles. The molecule has 17 heavy (non-hydrogen) atoms. The van der Waals surface area contributed by atoms with Crippen molar-refractivity contribution in [2.75, 3.05) is 5.88 Å². The van der Waals surface area contributed by atoms with E-state index in [-0.39, 0.29) is 0 Å². The maximum Gasteiger partial charge on any atom is 0.0266 e. The van der Waals surface area contributed by atoms with Crippen molar-refractivity contribution in [1.82, 2.24) is 5.32 Å². The van der Waals surface area contributed by atoms with E-state index < -0.39 is 0 Å². The van der Waals surface area contributed by atoms with Crippen LogP contribution in [0.3, 0.4) is 0 Å². The standard InChI is InChI=1S/C15H22ClN/c1-11-6-12(2)8-13(7-11)10-17-15-5-3-4-14(15)9-16/h6-8,14-15,17H,3-5,9-10H2,1-2H3. The minimum Gasteiger partial charge on any atom is -0.310 e. The minimum absolute atomic E-state index is 0.619. The highest BCUT2D eigenvalue weighted by Crippen LogP contribution is 2.26. The molecule has 2 unspecified atom stereocenters. The van der Waals surface area contributed by atoms with Gasteiger partial charge < -0.3 is 5.32 Å². The van der Waals surface area contributed by atoms with Crippen LogP contribution in [0.15, 0.2) is 18.2 Å². The Labute approximate surface area is 110 Å². The first kappa shape index (κ1) is 12.9. The predicted molar refractivity (Wildman–Crippen MR) is 74.6 cm³/mol. The molecule has 0 heterocycles. The highest BCUT2D eigenvalue weighted by molar-refractivity contribution is 6.18.